The van der Waals surface area contributed by atoms with Gasteiger partial charge in [0.1, 0.15) is 12.6 Å². The lowest BCUT2D eigenvalue weighted by molar-refractivity contribution is -0.141. The van der Waals surface area contributed by atoms with Crippen molar-refractivity contribution in [3.8, 4) is 0 Å². The Balaban J connectivity index is 2.67. The molecule has 0 fully saturated rings. The highest BCUT2D eigenvalue weighted by Crippen LogP contribution is 2.12. The average molecular weight is 271 g/mol. The molecule has 0 radical (unpaired) electrons. The number of likely N-dealkylation sites (N-methyl/N-ethyl adjacent to an activating group) is 1. The van der Waals surface area contributed by atoms with E-state index in [-0.39, 0.29) is 18.9 Å². The first kappa shape index (κ1) is 14.8. The number of rotatable bonds is 7. The van der Waals surface area contributed by atoms with E-state index >= 15 is 0 Å². The number of amides is 2. The van der Waals surface area contributed by atoms with Crippen molar-refractivity contribution in [1.82, 2.24) is 26.2 Å². The van der Waals surface area contributed by atoms with E-state index in [0.29, 0.717) is 12.1 Å². The van der Waals surface area contributed by atoms with Crippen molar-refractivity contribution in [1.29, 1.82) is 0 Å². The predicted octanol–water partition coefficient (Wildman–Crippen LogP) is -2.17. The van der Waals surface area contributed by atoms with E-state index in [9.17, 15) is 14.4 Å². The number of hydrogen-bond acceptors (Lipinski definition) is 6. The molecule has 9 nitrogen and oxygen atoms in total. The Hall–Kier alpha value is -2.29. The molecule has 1 aliphatic rings. The smallest absolute Gasteiger partial charge is 0.324 e. The van der Waals surface area contributed by atoms with Crippen LogP contribution in [-0.2, 0) is 14.4 Å². The zero-order valence-electron chi connectivity index (χ0n) is 10.7. The van der Waals surface area contributed by atoms with Gasteiger partial charge in [0.2, 0.25) is 12.3 Å². The van der Waals surface area contributed by atoms with Gasteiger partial charge in [-0.3, -0.25) is 19.4 Å². The molecule has 0 bridgehead atoms. The number of carbonyl (C=O) groups excluding carboxylic acids is 2. The van der Waals surface area contributed by atoms with Gasteiger partial charge in [-0.15, -0.1) is 5.12 Å². The maximum atomic E-state index is 11.5. The predicted molar refractivity (Wildman–Crippen MR) is 65.0 cm³/mol. The Kier molecular flexibility index (Phi) is 5.12. The number of carboxylic acid groups (broad SMARTS) is 1. The molecule has 4 N–H and O–H groups in total. The molecule has 0 aliphatic carbocycles. The van der Waals surface area contributed by atoms with E-state index in [4.69, 9.17) is 5.11 Å². The highest BCUT2D eigenvalue weighted by atomic mass is 16.4. The fourth-order valence-corrected chi connectivity index (χ4v) is 1.66. The van der Waals surface area contributed by atoms with Gasteiger partial charge in [0.15, 0.2) is 0 Å². The normalized spacial score (nSPS) is 16.3. The molecule has 19 heavy (non-hydrogen) atoms. The Morgan fingerprint density at radius 3 is 2.79 bits per heavy atom. The molecule has 1 atom stereocenters. The molecular formula is C10H17N5O4. The number of hydrazine groups is 2. The molecule has 1 unspecified atom stereocenters. The fraction of sp³-hybridized carbons (Fsp3) is 0.500. The van der Waals surface area contributed by atoms with Crippen LogP contribution in [0.4, 0.5) is 0 Å². The van der Waals surface area contributed by atoms with Crippen LogP contribution in [0.15, 0.2) is 11.9 Å². The lowest BCUT2D eigenvalue weighted by Gasteiger charge is -2.22. The summed E-state index contributed by atoms with van der Waals surface area (Å²) in [5, 5.41) is 16.5. The topological polar surface area (TPSA) is 114 Å². The summed E-state index contributed by atoms with van der Waals surface area (Å²) >= 11 is 0. The van der Waals surface area contributed by atoms with E-state index in [1.807, 2.05) is 0 Å². The van der Waals surface area contributed by atoms with Crippen LogP contribution in [-0.4, -0.2) is 60.2 Å². The first-order valence-corrected chi connectivity index (χ1v) is 5.58. The van der Waals surface area contributed by atoms with Crippen LogP contribution in [0.2, 0.25) is 0 Å². The molecule has 0 aromatic carbocycles. The lowest BCUT2D eigenvalue weighted by Crippen LogP contribution is -2.44. The Morgan fingerprint density at radius 1 is 1.58 bits per heavy atom. The number of carboxylic acids is 1. The molecule has 106 valence electrons. The van der Waals surface area contributed by atoms with E-state index in [2.05, 4.69) is 16.1 Å². The summed E-state index contributed by atoms with van der Waals surface area (Å²) in [6, 6.07) is -0.709. The minimum atomic E-state index is -0.972. The van der Waals surface area contributed by atoms with Crippen LogP contribution in [0, 0.1) is 0 Å². The van der Waals surface area contributed by atoms with Gasteiger partial charge in [-0.05, 0) is 0 Å². The lowest BCUT2D eigenvalue weighted by atomic mass is 10.1. The maximum Gasteiger partial charge on any atom is 0.324 e. The highest BCUT2D eigenvalue weighted by Gasteiger charge is 2.24. The number of nitrogens with one attached hydrogen (secondary N) is 3. The van der Waals surface area contributed by atoms with Crippen molar-refractivity contribution >= 4 is 18.3 Å². The summed E-state index contributed by atoms with van der Waals surface area (Å²) in [6.07, 6.45) is 2.27. The van der Waals surface area contributed by atoms with E-state index in [1.54, 1.807) is 13.2 Å². The summed E-state index contributed by atoms with van der Waals surface area (Å²) < 4.78 is 0. The monoisotopic (exact) mass is 271 g/mol. The molecule has 2 amide bonds. The summed E-state index contributed by atoms with van der Waals surface area (Å²) in [4.78, 5) is 32.6. The third kappa shape index (κ3) is 4.14. The number of hydrogen-bond donors (Lipinski definition) is 4. The van der Waals surface area contributed by atoms with Gasteiger partial charge in [-0.2, -0.15) is 0 Å². The number of nitrogens with zero attached hydrogens (tertiary/aromatic N) is 2. The van der Waals surface area contributed by atoms with Crippen molar-refractivity contribution in [3.05, 3.63) is 11.9 Å². The number of carbonyl (C=O) groups is 3. The van der Waals surface area contributed by atoms with Crippen LogP contribution < -0.4 is 16.1 Å². The van der Waals surface area contributed by atoms with Gasteiger partial charge in [0.25, 0.3) is 0 Å². The number of aliphatic carboxylic acids is 1. The molecule has 9 heteroatoms. The SMILES string of the molecule is CNC(=O)C(CC1=CN(CC(=O)O)N(C)N1)NC=O. The summed E-state index contributed by atoms with van der Waals surface area (Å²) in [6.45, 7) is -0.196. The van der Waals surface area contributed by atoms with Crippen LogP contribution in [0.1, 0.15) is 6.42 Å². The van der Waals surface area contributed by atoms with Gasteiger partial charge in [-0.25, -0.2) is 0 Å². The second-order valence-electron chi connectivity index (χ2n) is 3.94. The van der Waals surface area contributed by atoms with E-state index in [1.165, 1.54) is 17.2 Å². The summed E-state index contributed by atoms with van der Waals surface area (Å²) in [5.74, 6) is -1.30. The van der Waals surface area contributed by atoms with Crippen molar-refractivity contribution in [3.63, 3.8) is 0 Å². The molecule has 0 saturated heterocycles. The molecule has 0 aromatic heterocycles. The van der Waals surface area contributed by atoms with Crippen LogP contribution in [0.5, 0.6) is 0 Å². The van der Waals surface area contributed by atoms with Crippen molar-refractivity contribution in [2.75, 3.05) is 20.6 Å². The second-order valence-corrected chi connectivity index (χ2v) is 3.94. The van der Waals surface area contributed by atoms with Crippen LogP contribution in [0.3, 0.4) is 0 Å². The van der Waals surface area contributed by atoms with Gasteiger partial charge in [-0.1, -0.05) is 0 Å². The van der Waals surface area contributed by atoms with Gasteiger partial charge in [0.05, 0.1) is 0 Å². The second kappa shape index (κ2) is 6.59. The molecular weight excluding hydrogens is 254 g/mol. The molecule has 1 rings (SSSR count). The first-order valence-electron chi connectivity index (χ1n) is 5.58. The Bertz CT molecular complexity index is 397. The zero-order chi connectivity index (χ0) is 14.4. The van der Waals surface area contributed by atoms with Crippen LogP contribution in [0.25, 0.3) is 0 Å². The Morgan fingerprint density at radius 2 is 2.26 bits per heavy atom. The highest BCUT2D eigenvalue weighted by molar-refractivity contribution is 5.83. The Labute approximate surface area is 110 Å². The van der Waals surface area contributed by atoms with Gasteiger partial charge in [0, 0.05) is 32.4 Å². The maximum absolute atomic E-state index is 11.5. The van der Waals surface area contributed by atoms with Gasteiger partial charge >= 0.3 is 5.97 Å². The standard InChI is InChI=1S/C10H17N5O4/c1-11-10(19)8(12-6-16)3-7-4-15(5-9(17)18)14(2)13-7/h4,6,8,13H,3,5H2,1-2H3,(H,11,19)(H,12,16)(H,17,18). The first-order chi connectivity index (χ1) is 8.97. The molecule has 0 saturated carbocycles. The minimum Gasteiger partial charge on any atom is -0.480 e. The third-order valence-electron chi connectivity index (χ3n) is 2.55. The van der Waals surface area contributed by atoms with Crippen molar-refractivity contribution in [2.24, 2.45) is 0 Å². The summed E-state index contributed by atoms with van der Waals surface area (Å²) in [7, 11) is 3.12. The fourth-order valence-electron chi connectivity index (χ4n) is 1.66. The molecule has 0 aromatic rings. The van der Waals surface area contributed by atoms with Crippen molar-refractivity contribution in [2.45, 2.75) is 12.5 Å². The third-order valence-corrected chi connectivity index (χ3v) is 2.55. The quantitative estimate of drug-likeness (QED) is 0.390. The largest absolute Gasteiger partial charge is 0.480 e. The average Bonchev–Trinajstić information content (AvgIpc) is 2.67. The van der Waals surface area contributed by atoms with Crippen LogP contribution >= 0.6 is 0 Å². The summed E-state index contributed by atoms with van der Waals surface area (Å²) in [5.41, 5.74) is 3.53. The molecule has 0 spiro atoms. The van der Waals surface area contributed by atoms with E-state index in [0.717, 1.165) is 0 Å². The van der Waals surface area contributed by atoms with E-state index < -0.39 is 12.0 Å². The van der Waals surface area contributed by atoms with Gasteiger partial charge < -0.3 is 21.2 Å². The minimum absolute atomic E-state index is 0.196. The molecule has 1 heterocycles. The molecule has 1 aliphatic heterocycles. The zero-order valence-corrected chi connectivity index (χ0v) is 10.7. The van der Waals surface area contributed by atoms with Crippen molar-refractivity contribution < 1.29 is 19.5 Å².